The molecule has 4 aromatic carbocycles. The molecule has 18 heteroatoms. The number of Topliss-reactive ketones (excluding diaryl/α,β-unsaturated/α-hetero) is 1. The molecule has 0 saturated carbocycles. The van der Waals surface area contributed by atoms with Crippen molar-refractivity contribution in [1.29, 1.82) is 0 Å². The van der Waals surface area contributed by atoms with Crippen LogP contribution in [0.2, 0.25) is 0 Å². The quantitative estimate of drug-likeness (QED) is 0.0650. The maximum absolute atomic E-state index is 13.4. The van der Waals surface area contributed by atoms with E-state index in [2.05, 4.69) is 72.8 Å². The van der Waals surface area contributed by atoms with Crippen molar-refractivity contribution >= 4 is 58.5 Å². The average Bonchev–Trinajstić information content (AvgIpc) is 2.96. The van der Waals surface area contributed by atoms with Crippen LogP contribution in [0.15, 0.2) is 121 Å². The van der Waals surface area contributed by atoms with Gasteiger partial charge in [0.1, 0.15) is 29.3 Å². The van der Waals surface area contributed by atoms with Crippen LogP contribution in [0.4, 0.5) is 17.3 Å². The fraction of sp³-hybridized carbons (Fsp3) is 0.0385. The number of carbonyl (C=O) groups is 1. The first-order valence-corrected chi connectivity index (χ1v) is 14.4. The number of halogens is 4. The van der Waals surface area contributed by atoms with Gasteiger partial charge in [-0.15, -0.1) is 0 Å². The molecule has 0 amide bonds. The highest BCUT2D eigenvalue weighted by Gasteiger charge is 2.47. The van der Waals surface area contributed by atoms with Crippen LogP contribution in [0.1, 0.15) is 10.4 Å². The highest BCUT2D eigenvalue weighted by molar-refractivity contribution is 7.96. The normalized spacial score (nSPS) is 9.55. The van der Waals surface area contributed by atoms with Gasteiger partial charge < -0.3 is 40.2 Å². The van der Waals surface area contributed by atoms with E-state index in [1.807, 2.05) is 48.5 Å². The Balaban J connectivity index is 0.000000962. The predicted molar refractivity (Wildman–Crippen MR) is 166 cm³/mol. The largest absolute Gasteiger partial charge is 0.674 e. The Kier molecular flexibility index (Phi) is 21.3. The lowest BCUT2D eigenvalue weighted by Gasteiger charge is -2.27. The van der Waals surface area contributed by atoms with Crippen molar-refractivity contribution in [2.45, 2.75) is 0 Å². The fourth-order valence-corrected chi connectivity index (χ4v) is 7.80. The van der Waals surface area contributed by atoms with E-state index in [1.165, 1.54) is 15.9 Å². The van der Waals surface area contributed by atoms with Crippen LogP contribution in [-0.4, -0.2) is 81.7 Å². The minimum Gasteiger partial charge on any atom is -0.398 e. The molecule has 0 aliphatic carbocycles. The number of hydrogen-bond acceptors (Lipinski definition) is 9. The van der Waals surface area contributed by atoms with Gasteiger partial charge in [0.2, 0.25) is 5.78 Å². The number of rotatable bonds is 6. The highest BCUT2D eigenvalue weighted by atomic mass is 31.2. The monoisotopic (exact) mass is 637 g/mol. The lowest BCUT2D eigenvalue weighted by molar-refractivity contribution is 0.102. The summed E-state index contributed by atoms with van der Waals surface area (Å²) in [4.78, 5) is 13.4. The zero-order valence-corrected chi connectivity index (χ0v) is 23.9. The van der Waals surface area contributed by atoms with Gasteiger partial charge in [-0.2, -0.15) is 0 Å². The first-order valence-electron chi connectivity index (χ1n) is 12.4. The average molecular weight is 637 g/mol. The van der Waals surface area contributed by atoms with Gasteiger partial charge in [0.15, 0.2) is 0 Å². The zero-order valence-electron chi connectivity index (χ0n) is 23.0. The molecule has 0 radical (unpaired) electrons. The molecule has 0 atom stereocenters. The van der Waals surface area contributed by atoms with Gasteiger partial charge in [0, 0.05) is 5.56 Å². The van der Waals surface area contributed by atoms with Crippen molar-refractivity contribution in [1.82, 2.24) is 0 Å². The molecule has 0 aliphatic rings. The summed E-state index contributed by atoms with van der Waals surface area (Å²) in [6.07, 6.45) is 0.481. The second-order valence-electron chi connectivity index (χ2n) is 8.01. The summed E-state index contributed by atoms with van der Waals surface area (Å²) in [5.74, 6) is 0.186. The van der Waals surface area contributed by atoms with E-state index < -0.39 is 36.8 Å². The molecule has 8 N–H and O–H groups in total. The van der Waals surface area contributed by atoms with Gasteiger partial charge in [-0.05, 0) is 36.4 Å². The smallest absolute Gasteiger partial charge is 0.398 e. The standard InChI is InChI=1S/C26H22OP.4BFH2O2/c27-26(22-13-5-1-6-14-22)21-28(23-15-7-2-8-16-23,24-17-9-3-10-18-24)25-19-11-4-12-20-25;4*2-1(3)4/h1-20H,21H2;4*3-4H/q+1;;;;. The Morgan fingerprint density at radius 1 is 0.455 bits per heavy atom. The first-order chi connectivity index (χ1) is 20.7. The molecule has 0 unspecified atom stereocenters. The third-order valence-electron chi connectivity index (χ3n) is 5.07. The highest BCUT2D eigenvalue weighted by Crippen LogP contribution is 2.55. The molecule has 0 fully saturated rings. The number of hydrogen-bond donors (Lipinski definition) is 8. The molecule has 0 bridgehead atoms. The second kappa shape index (κ2) is 23.1. The Hall–Kier alpha value is -3.36. The summed E-state index contributed by atoms with van der Waals surface area (Å²) < 4.78 is 40.4. The second-order valence-corrected chi connectivity index (χ2v) is 11.5. The van der Waals surface area contributed by atoms with E-state index in [0.29, 0.717) is 6.16 Å². The third-order valence-corrected chi connectivity index (χ3v) is 9.37. The SMILES string of the molecule is O=C(C[P+](c1ccccc1)(c1ccccc1)c1ccccc1)c1ccccc1.OB(O)F.OB(O)F.OB(O)F.OB(O)F. The Labute approximate surface area is 253 Å². The van der Waals surface area contributed by atoms with Crippen LogP contribution in [0, 0.1) is 0 Å². The summed E-state index contributed by atoms with van der Waals surface area (Å²) in [5.41, 5.74) is 0.773. The van der Waals surface area contributed by atoms with E-state index in [1.54, 1.807) is 0 Å². The van der Waals surface area contributed by atoms with Crippen LogP contribution < -0.4 is 15.9 Å². The van der Waals surface area contributed by atoms with E-state index in [0.717, 1.165) is 5.56 Å². The van der Waals surface area contributed by atoms with Gasteiger partial charge in [-0.3, -0.25) is 22.1 Å². The molecule has 0 aliphatic heterocycles. The summed E-state index contributed by atoms with van der Waals surface area (Å²) in [6, 6.07) is 41.2. The zero-order chi connectivity index (χ0) is 33.5. The molecule has 44 heavy (non-hydrogen) atoms. The minimum atomic E-state index is -2.67. The molecule has 232 valence electrons. The molecule has 0 saturated heterocycles. The number of ketones is 1. The predicted octanol–water partition coefficient (Wildman–Crippen LogP) is 0.565. The Morgan fingerprint density at radius 3 is 0.886 bits per heavy atom. The van der Waals surface area contributed by atoms with Gasteiger partial charge >= 0.3 is 29.6 Å². The Bertz CT molecular complexity index is 1140. The van der Waals surface area contributed by atoms with Crippen LogP contribution >= 0.6 is 7.26 Å². The van der Waals surface area contributed by atoms with E-state index in [4.69, 9.17) is 40.2 Å². The molecular weight excluding hydrogens is 606 g/mol. The lowest BCUT2D eigenvalue weighted by Crippen LogP contribution is -2.35. The summed E-state index contributed by atoms with van der Waals surface area (Å²) in [7, 11) is -12.8. The molecule has 9 nitrogen and oxygen atoms in total. The van der Waals surface area contributed by atoms with E-state index in [-0.39, 0.29) is 5.78 Å². The molecule has 0 spiro atoms. The number of benzene rings is 4. The Morgan fingerprint density at radius 2 is 0.659 bits per heavy atom. The van der Waals surface area contributed by atoms with Crippen molar-refractivity contribution in [3.05, 3.63) is 127 Å². The van der Waals surface area contributed by atoms with Gasteiger partial charge in [0.05, 0.1) is 0 Å². The molecule has 0 heterocycles. The van der Waals surface area contributed by atoms with Crippen molar-refractivity contribution in [2.75, 3.05) is 6.16 Å². The van der Waals surface area contributed by atoms with Crippen LogP contribution in [0.5, 0.6) is 0 Å². The molecular formula is C26H30B4F4O9P+. The third kappa shape index (κ3) is 17.7. The maximum Gasteiger partial charge on any atom is 0.674 e. The molecule has 0 aromatic heterocycles. The first kappa shape index (κ1) is 40.6. The minimum absolute atomic E-state index is 0.186. The van der Waals surface area contributed by atoms with E-state index >= 15 is 0 Å². The van der Waals surface area contributed by atoms with Crippen LogP contribution in [-0.2, 0) is 0 Å². The van der Waals surface area contributed by atoms with Crippen LogP contribution in [0.3, 0.4) is 0 Å². The number of carbonyl (C=O) groups excluding carboxylic acids is 1. The molecule has 4 rings (SSSR count). The fourth-order valence-electron chi connectivity index (χ4n) is 3.70. The van der Waals surface area contributed by atoms with Crippen LogP contribution in [0.25, 0.3) is 0 Å². The topological polar surface area (TPSA) is 179 Å². The van der Waals surface area contributed by atoms with E-state index in [9.17, 15) is 22.1 Å². The van der Waals surface area contributed by atoms with Crippen molar-refractivity contribution in [2.24, 2.45) is 0 Å². The maximum atomic E-state index is 13.4. The summed E-state index contributed by atoms with van der Waals surface area (Å²) in [5, 5.41) is 59.3. The van der Waals surface area contributed by atoms with Crippen molar-refractivity contribution in [3.63, 3.8) is 0 Å². The van der Waals surface area contributed by atoms with Crippen molar-refractivity contribution < 1.29 is 62.2 Å². The summed E-state index contributed by atoms with van der Waals surface area (Å²) in [6.45, 7) is 0. The van der Waals surface area contributed by atoms with Gasteiger partial charge in [0.25, 0.3) is 0 Å². The molecule has 4 aromatic rings. The van der Waals surface area contributed by atoms with Gasteiger partial charge in [-0.25, -0.2) is 0 Å². The van der Waals surface area contributed by atoms with Crippen molar-refractivity contribution in [3.8, 4) is 0 Å². The summed E-state index contributed by atoms with van der Waals surface area (Å²) >= 11 is 0. The lowest BCUT2D eigenvalue weighted by atomic mass is 10.2. The van der Waals surface area contributed by atoms with Gasteiger partial charge in [-0.1, -0.05) is 84.9 Å².